The van der Waals surface area contributed by atoms with E-state index in [1.165, 1.54) is 23.1 Å². The van der Waals surface area contributed by atoms with Crippen molar-refractivity contribution in [3.05, 3.63) is 65.7 Å². The molecule has 0 atom stereocenters. The quantitative estimate of drug-likeness (QED) is 0.787. The van der Waals surface area contributed by atoms with E-state index in [0.29, 0.717) is 26.1 Å². The molecule has 0 saturated heterocycles. The summed E-state index contributed by atoms with van der Waals surface area (Å²) in [6.45, 7) is 1.11. The first kappa shape index (κ1) is 17.7. The van der Waals surface area contributed by atoms with Crippen molar-refractivity contribution in [1.29, 1.82) is 0 Å². The van der Waals surface area contributed by atoms with Crippen LogP contribution in [0, 0.1) is 11.6 Å². The maximum Gasteiger partial charge on any atom is 0.317 e. The number of hydrogen-bond donors (Lipinski definition) is 1. The number of para-hydroxylation sites is 1. The van der Waals surface area contributed by atoms with Crippen LogP contribution in [0.25, 0.3) is 0 Å². The lowest BCUT2D eigenvalue weighted by Crippen LogP contribution is -2.37. The molecule has 0 unspecified atom stereocenters. The molecule has 2 rings (SSSR count). The Balaban J connectivity index is 1.65. The summed E-state index contributed by atoms with van der Waals surface area (Å²) in [5.41, 5.74) is 0.844. The van der Waals surface area contributed by atoms with Crippen molar-refractivity contribution >= 4 is 6.03 Å². The number of carbonyl (C=O) groups is 1. The van der Waals surface area contributed by atoms with Crippen molar-refractivity contribution in [3.8, 4) is 5.75 Å². The standard InChI is InChI=1S/C18H20F2N2O2/c1-22(13-14-7-9-15(19)10-8-14)18(23)21-11-4-12-24-17-6-3-2-5-16(17)20/h2-3,5-10H,4,11-13H2,1H3,(H,21,23). The van der Waals surface area contributed by atoms with Gasteiger partial charge in [-0.3, -0.25) is 0 Å². The molecule has 0 bridgehead atoms. The second-order valence-corrected chi connectivity index (χ2v) is 5.35. The van der Waals surface area contributed by atoms with Gasteiger partial charge in [0.25, 0.3) is 0 Å². The van der Waals surface area contributed by atoms with Crippen molar-refractivity contribution in [2.45, 2.75) is 13.0 Å². The molecule has 2 aromatic carbocycles. The van der Waals surface area contributed by atoms with Gasteiger partial charge in [0, 0.05) is 20.1 Å². The second kappa shape index (κ2) is 8.86. The number of hydrogen-bond acceptors (Lipinski definition) is 2. The van der Waals surface area contributed by atoms with Crippen molar-refractivity contribution in [2.75, 3.05) is 20.2 Å². The molecule has 24 heavy (non-hydrogen) atoms. The Morgan fingerprint density at radius 1 is 1.12 bits per heavy atom. The number of ether oxygens (including phenoxy) is 1. The van der Waals surface area contributed by atoms with E-state index < -0.39 is 5.82 Å². The molecule has 2 aromatic rings. The number of amides is 2. The van der Waals surface area contributed by atoms with E-state index in [9.17, 15) is 13.6 Å². The van der Waals surface area contributed by atoms with Crippen molar-refractivity contribution in [3.63, 3.8) is 0 Å². The van der Waals surface area contributed by atoms with Gasteiger partial charge >= 0.3 is 6.03 Å². The molecule has 4 nitrogen and oxygen atoms in total. The molecular weight excluding hydrogens is 314 g/mol. The van der Waals surface area contributed by atoms with Crippen LogP contribution < -0.4 is 10.1 Å². The van der Waals surface area contributed by atoms with E-state index in [1.54, 1.807) is 37.4 Å². The Morgan fingerprint density at radius 3 is 2.54 bits per heavy atom. The first-order chi connectivity index (χ1) is 11.6. The predicted molar refractivity (Wildman–Crippen MR) is 87.8 cm³/mol. The molecule has 2 amide bonds. The highest BCUT2D eigenvalue weighted by molar-refractivity contribution is 5.73. The van der Waals surface area contributed by atoms with Gasteiger partial charge < -0.3 is 15.0 Å². The van der Waals surface area contributed by atoms with E-state index in [1.807, 2.05) is 0 Å². The maximum atomic E-state index is 13.3. The lowest BCUT2D eigenvalue weighted by molar-refractivity contribution is 0.205. The van der Waals surface area contributed by atoms with E-state index in [-0.39, 0.29) is 17.6 Å². The zero-order chi connectivity index (χ0) is 17.4. The molecule has 0 fully saturated rings. The van der Waals surface area contributed by atoms with Crippen LogP contribution in [-0.2, 0) is 6.54 Å². The highest BCUT2D eigenvalue weighted by Gasteiger charge is 2.08. The van der Waals surface area contributed by atoms with Gasteiger partial charge in [0.1, 0.15) is 5.82 Å². The monoisotopic (exact) mass is 334 g/mol. The normalized spacial score (nSPS) is 10.3. The fourth-order valence-corrected chi connectivity index (χ4v) is 2.08. The molecule has 0 radical (unpaired) electrons. The van der Waals surface area contributed by atoms with Gasteiger partial charge in [-0.1, -0.05) is 24.3 Å². The fourth-order valence-electron chi connectivity index (χ4n) is 2.08. The number of nitrogens with one attached hydrogen (secondary N) is 1. The van der Waals surface area contributed by atoms with Crippen molar-refractivity contribution in [2.24, 2.45) is 0 Å². The number of urea groups is 1. The third kappa shape index (κ3) is 5.53. The lowest BCUT2D eigenvalue weighted by Gasteiger charge is -2.18. The molecule has 6 heteroatoms. The molecule has 128 valence electrons. The Bertz CT molecular complexity index is 662. The number of halogens is 2. The Hall–Kier alpha value is -2.63. The molecule has 0 aliphatic carbocycles. The molecular formula is C18H20F2N2O2. The van der Waals surface area contributed by atoms with Gasteiger partial charge in [0.2, 0.25) is 0 Å². The number of rotatable bonds is 7. The molecule has 1 N–H and O–H groups in total. The third-order valence-electron chi connectivity index (χ3n) is 3.37. The van der Waals surface area contributed by atoms with Crippen LogP contribution in [-0.4, -0.2) is 31.1 Å². The smallest absolute Gasteiger partial charge is 0.317 e. The lowest BCUT2D eigenvalue weighted by atomic mass is 10.2. The summed E-state index contributed by atoms with van der Waals surface area (Å²) in [7, 11) is 1.66. The first-order valence-corrected chi connectivity index (χ1v) is 7.67. The Kier molecular flexibility index (Phi) is 6.54. The minimum atomic E-state index is -0.402. The Labute approximate surface area is 140 Å². The van der Waals surface area contributed by atoms with Crippen LogP contribution in [0.4, 0.5) is 13.6 Å². The van der Waals surface area contributed by atoms with E-state index >= 15 is 0 Å². The maximum absolute atomic E-state index is 13.3. The zero-order valence-electron chi connectivity index (χ0n) is 13.5. The number of nitrogens with zero attached hydrogens (tertiary/aromatic N) is 1. The van der Waals surface area contributed by atoms with E-state index in [0.717, 1.165) is 5.56 Å². The first-order valence-electron chi connectivity index (χ1n) is 7.67. The van der Waals surface area contributed by atoms with Crippen molar-refractivity contribution in [1.82, 2.24) is 10.2 Å². The SMILES string of the molecule is CN(Cc1ccc(F)cc1)C(=O)NCCCOc1ccccc1F. The second-order valence-electron chi connectivity index (χ2n) is 5.35. The third-order valence-corrected chi connectivity index (χ3v) is 3.37. The highest BCUT2D eigenvalue weighted by atomic mass is 19.1. The van der Waals surface area contributed by atoms with Crippen LogP contribution in [0.2, 0.25) is 0 Å². The van der Waals surface area contributed by atoms with Crippen LogP contribution >= 0.6 is 0 Å². The summed E-state index contributed by atoms with van der Waals surface area (Å²) >= 11 is 0. The topological polar surface area (TPSA) is 41.6 Å². The van der Waals surface area contributed by atoms with Gasteiger partial charge in [0.15, 0.2) is 11.6 Å². The van der Waals surface area contributed by atoms with Crippen LogP contribution in [0.3, 0.4) is 0 Å². The van der Waals surface area contributed by atoms with Crippen LogP contribution in [0.15, 0.2) is 48.5 Å². The van der Waals surface area contributed by atoms with Gasteiger partial charge in [0.05, 0.1) is 6.61 Å². The predicted octanol–water partition coefficient (Wildman–Crippen LogP) is 3.58. The largest absolute Gasteiger partial charge is 0.490 e. The molecule has 0 saturated carbocycles. The van der Waals surface area contributed by atoms with Crippen LogP contribution in [0.5, 0.6) is 5.75 Å². The summed E-state index contributed by atoms with van der Waals surface area (Å²) in [5, 5.41) is 2.75. The summed E-state index contributed by atoms with van der Waals surface area (Å²) < 4.78 is 31.5. The molecule has 0 aliphatic rings. The summed E-state index contributed by atoms with van der Waals surface area (Å²) in [6.07, 6.45) is 0.560. The van der Waals surface area contributed by atoms with Crippen molar-refractivity contribution < 1.29 is 18.3 Å². The molecule has 0 spiro atoms. The van der Waals surface area contributed by atoms with Gasteiger partial charge in [-0.05, 0) is 36.2 Å². The molecule has 0 aromatic heterocycles. The highest BCUT2D eigenvalue weighted by Crippen LogP contribution is 2.15. The van der Waals surface area contributed by atoms with E-state index in [2.05, 4.69) is 5.32 Å². The Morgan fingerprint density at radius 2 is 1.83 bits per heavy atom. The minimum Gasteiger partial charge on any atom is -0.490 e. The average molecular weight is 334 g/mol. The number of benzene rings is 2. The van der Waals surface area contributed by atoms with Gasteiger partial charge in [-0.2, -0.15) is 0 Å². The van der Waals surface area contributed by atoms with Gasteiger partial charge in [-0.15, -0.1) is 0 Å². The average Bonchev–Trinajstić information content (AvgIpc) is 2.58. The minimum absolute atomic E-state index is 0.206. The fraction of sp³-hybridized carbons (Fsp3) is 0.278. The number of carbonyl (C=O) groups excluding carboxylic acids is 1. The summed E-state index contributed by atoms with van der Waals surface area (Å²) in [6, 6.07) is 12.0. The zero-order valence-corrected chi connectivity index (χ0v) is 13.5. The molecule has 0 aliphatic heterocycles. The summed E-state index contributed by atoms with van der Waals surface area (Å²) in [5.74, 6) is -0.501. The molecule has 0 heterocycles. The van der Waals surface area contributed by atoms with Gasteiger partial charge in [-0.25, -0.2) is 13.6 Å². The summed E-state index contributed by atoms with van der Waals surface area (Å²) in [4.78, 5) is 13.4. The van der Waals surface area contributed by atoms with Crippen LogP contribution in [0.1, 0.15) is 12.0 Å². The van der Waals surface area contributed by atoms with E-state index in [4.69, 9.17) is 4.74 Å².